The zero-order valence-corrected chi connectivity index (χ0v) is 15.4. The average Bonchev–Trinajstić information content (AvgIpc) is 2.80. The number of anilines is 1. The standard InChI is InChI=1S/C19H24N2O4/c1-11-8-13(14(21(24)25)9-12(11)2)20-16(23)19-7-6-18(5,15(22)10-19)17(19,3)4/h8-9H,6-7,10H2,1-5H3,(H,20,23). The number of nitro groups is 1. The van der Waals surface area contributed by atoms with Gasteiger partial charge in [0.15, 0.2) is 0 Å². The molecule has 2 saturated carbocycles. The van der Waals surface area contributed by atoms with Crippen molar-refractivity contribution in [2.45, 2.75) is 53.9 Å². The molecule has 6 heteroatoms. The lowest BCUT2D eigenvalue weighted by molar-refractivity contribution is -0.384. The van der Waals surface area contributed by atoms with E-state index in [1.165, 1.54) is 6.07 Å². The second-order valence-corrected chi connectivity index (χ2v) is 8.30. The molecule has 1 aromatic carbocycles. The van der Waals surface area contributed by atoms with Crippen LogP contribution in [0.5, 0.6) is 0 Å². The van der Waals surface area contributed by atoms with Gasteiger partial charge in [0.2, 0.25) is 5.91 Å². The maximum Gasteiger partial charge on any atom is 0.293 e. The summed E-state index contributed by atoms with van der Waals surface area (Å²) in [7, 11) is 0. The molecule has 2 aliphatic rings. The Morgan fingerprint density at radius 2 is 1.76 bits per heavy atom. The summed E-state index contributed by atoms with van der Waals surface area (Å²) < 4.78 is 0. The molecule has 134 valence electrons. The molecule has 6 nitrogen and oxygen atoms in total. The number of nitro benzene ring substituents is 1. The third-order valence-corrected chi connectivity index (χ3v) is 7.20. The van der Waals surface area contributed by atoms with Crippen LogP contribution >= 0.6 is 0 Å². The number of carbonyl (C=O) groups excluding carboxylic acids is 2. The Morgan fingerprint density at radius 3 is 2.24 bits per heavy atom. The molecule has 2 atom stereocenters. The van der Waals surface area contributed by atoms with Gasteiger partial charge in [-0.3, -0.25) is 19.7 Å². The van der Waals surface area contributed by atoms with Gasteiger partial charge in [0, 0.05) is 17.9 Å². The fourth-order valence-corrected chi connectivity index (χ4v) is 4.65. The summed E-state index contributed by atoms with van der Waals surface area (Å²) in [6.45, 7) is 9.53. The van der Waals surface area contributed by atoms with Crippen LogP contribution in [-0.4, -0.2) is 16.6 Å². The summed E-state index contributed by atoms with van der Waals surface area (Å²) in [5.74, 6) is -0.160. The van der Waals surface area contributed by atoms with E-state index in [4.69, 9.17) is 0 Å². The first-order valence-electron chi connectivity index (χ1n) is 8.57. The van der Waals surface area contributed by atoms with Crippen molar-refractivity contribution in [2.24, 2.45) is 16.2 Å². The van der Waals surface area contributed by atoms with E-state index in [1.54, 1.807) is 13.0 Å². The lowest BCUT2D eigenvalue weighted by atomic mass is 9.64. The first-order chi connectivity index (χ1) is 11.5. The van der Waals surface area contributed by atoms with Crippen LogP contribution in [0.15, 0.2) is 12.1 Å². The number of Topliss-reactive ketones (excluding diaryl/α,β-unsaturated/α-hetero) is 1. The third kappa shape index (κ3) is 2.09. The van der Waals surface area contributed by atoms with Crippen molar-refractivity contribution in [1.29, 1.82) is 0 Å². The van der Waals surface area contributed by atoms with Gasteiger partial charge >= 0.3 is 0 Å². The molecule has 0 radical (unpaired) electrons. The SMILES string of the molecule is Cc1cc(NC(=O)C23CCC(C)(C(=O)C2)C3(C)C)c([N+](=O)[O-])cc1C. The van der Waals surface area contributed by atoms with Gasteiger partial charge in [-0.05, 0) is 49.3 Å². The Balaban J connectivity index is 2.01. The second kappa shape index (κ2) is 5.13. The van der Waals surface area contributed by atoms with E-state index in [0.717, 1.165) is 11.1 Å². The maximum atomic E-state index is 13.2. The number of hydrogen-bond donors (Lipinski definition) is 1. The molecule has 25 heavy (non-hydrogen) atoms. The van der Waals surface area contributed by atoms with Crippen molar-refractivity contribution in [3.8, 4) is 0 Å². The zero-order valence-electron chi connectivity index (χ0n) is 15.4. The smallest absolute Gasteiger partial charge is 0.293 e. The molecule has 0 saturated heterocycles. The third-order valence-electron chi connectivity index (χ3n) is 7.20. The molecule has 1 N–H and O–H groups in total. The molecule has 2 unspecified atom stereocenters. The molecular weight excluding hydrogens is 320 g/mol. The largest absolute Gasteiger partial charge is 0.320 e. The van der Waals surface area contributed by atoms with Crippen LogP contribution in [0.4, 0.5) is 11.4 Å². The number of fused-ring (bicyclic) bond motifs is 2. The molecular formula is C19H24N2O4. The highest BCUT2D eigenvalue weighted by atomic mass is 16.6. The van der Waals surface area contributed by atoms with Crippen LogP contribution < -0.4 is 5.32 Å². The topological polar surface area (TPSA) is 89.3 Å². The van der Waals surface area contributed by atoms with E-state index in [-0.39, 0.29) is 29.5 Å². The highest BCUT2D eigenvalue weighted by Gasteiger charge is 2.72. The zero-order chi connectivity index (χ0) is 18.8. The van der Waals surface area contributed by atoms with Gasteiger partial charge in [0.05, 0.1) is 10.3 Å². The minimum Gasteiger partial charge on any atom is -0.320 e. The van der Waals surface area contributed by atoms with E-state index < -0.39 is 21.2 Å². The van der Waals surface area contributed by atoms with E-state index in [1.807, 2.05) is 27.7 Å². The van der Waals surface area contributed by atoms with Crippen molar-refractivity contribution < 1.29 is 14.5 Å². The first-order valence-corrected chi connectivity index (χ1v) is 8.57. The molecule has 2 bridgehead atoms. The fourth-order valence-electron chi connectivity index (χ4n) is 4.65. The number of aryl methyl sites for hydroxylation is 2. The number of hydrogen-bond acceptors (Lipinski definition) is 4. The first kappa shape index (κ1) is 17.6. The number of carbonyl (C=O) groups is 2. The van der Waals surface area contributed by atoms with Crippen LogP contribution in [0.25, 0.3) is 0 Å². The van der Waals surface area contributed by atoms with Gasteiger partial charge < -0.3 is 5.32 Å². The Bertz CT molecular complexity index is 814. The molecule has 1 aromatic rings. The number of ketones is 1. The van der Waals surface area contributed by atoms with Crippen LogP contribution in [0.1, 0.15) is 51.2 Å². The number of nitrogens with one attached hydrogen (secondary N) is 1. The molecule has 2 aliphatic carbocycles. The quantitative estimate of drug-likeness (QED) is 0.664. The summed E-state index contributed by atoms with van der Waals surface area (Å²) in [6.07, 6.45) is 1.52. The van der Waals surface area contributed by atoms with Crippen molar-refractivity contribution in [3.05, 3.63) is 33.4 Å². The number of rotatable bonds is 3. The number of nitrogens with zero attached hydrogens (tertiary/aromatic N) is 1. The minimum atomic E-state index is -0.800. The Labute approximate surface area is 147 Å². The summed E-state index contributed by atoms with van der Waals surface area (Å²) in [5.41, 5.74) is -0.0169. The predicted octanol–water partition coefficient (Wildman–Crippen LogP) is 3.94. The van der Waals surface area contributed by atoms with E-state index in [0.29, 0.717) is 12.8 Å². The molecule has 2 fully saturated rings. The van der Waals surface area contributed by atoms with E-state index >= 15 is 0 Å². The predicted molar refractivity (Wildman–Crippen MR) is 94.4 cm³/mol. The van der Waals surface area contributed by atoms with Crippen molar-refractivity contribution >= 4 is 23.1 Å². The lowest BCUT2D eigenvalue weighted by Gasteiger charge is -2.38. The van der Waals surface area contributed by atoms with Crippen LogP contribution in [0.2, 0.25) is 0 Å². The summed E-state index contributed by atoms with van der Waals surface area (Å²) >= 11 is 0. The van der Waals surface area contributed by atoms with Gasteiger partial charge in [-0.15, -0.1) is 0 Å². The molecule has 0 heterocycles. The normalized spacial score (nSPS) is 29.7. The Kier molecular flexibility index (Phi) is 3.61. The lowest BCUT2D eigenvalue weighted by Crippen LogP contribution is -2.43. The molecule has 0 spiro atoms. The van der Waals surface area contributed by atoms with E-state index in [9.17, 15) is 19.7 Å². The highest BCUT2D eigenvalue weighted by Crippen LogP contribution is 2.70. The Hall–Kier alpha value is -2.24. The van der Waals surface area contributed by atoms with Crippen molar-refractivity contribution in [1.82, 2.24) is 0 Å². The summed E-state index contributed by atoms with van der Waals surface area (Å²) in [5, 5.41) is 14.2. The summed E-state index contributed by atoms with van der Waals surface area (Å²) in [6, 6.07) is 3.12. The van der Waals surface area contributed by atoms with Gasteiger partial charge in [-0.2, -0.15) is 0 Å². The molecule has 0 aliphatic heterocycles. The monoisotopic (exact) mass is 344 g/mol. The Morgan fingerprint density at radius 1 is 1.16 bits per heavy atom. The molecule has 0 aromatic heterocycles. The second-order valence-electron chi connectivity index (χ2n) is 8.30. The van der Waals surface area contributed by atoms with E-state index in [2.05, 4.69) is 5.32 Å². The summed E-state index contributed by atoms with van der Waals surface area (Å²) in [4.78, 5) is 36.6. The van der Waals surface area contributed by atoms with Crippen LogP contribution in [-0.2, 0) is 9.59 Å². The highest BCUT2D eigenvalue weighted by molar-refractivity contribution is 6.05. The van der Waals surface area contributed by atoms with Crippen LogP contribution in [0, 0.1) is 40.2 Å². The van der Waals surface area contributed by atoms with Gasteiger partial charge in [0.25, 0.3) is 5.69 Å². The van der Waals surface area contributed by atoms with Crippen LogP contribution in [0.3, 0.4) is 0 Å². The molecule has 3 rings (SSSR count). The van der Waals surface area contributed by atoms with Gasteiger partial charge in [-0.25, -0.2) is 0 Å². The minimum absolute atomic E-state index is 0.115. The average molecular weight is 344 g/mol. The van der Waals surface area contributed by atoms with Gasteiger partial charge in [-0.1, -0.05) is 20.8 Å². The number of benzene rings is 1. The fraction of sp³-hybridized carbons (Fsp3) is 0.579. The van der Waals surface area contributed by atoms with Crippen molar-refractivity contribution in [2.75, 3.05) is 5.32 Å². The number of amides is 1. The van der Waals surface area contributed by atoms with Gasteiger partial charge in [0.1, 0.15) is 11.5 Å². The maximum absolute atomic E-state index is 13.2. The molecule has 1 amide bonds. The van der Waals surface area contributed by atoms with Crippen molar-refractivity contribution in [3.63, 3.8) is 0 Å².